The Morgan fingerprint density at radius 1 is 1.47 bits per heavy atom. The van der Waals surface area contributed by atoms with E-state index in [-0.39, 0.29) is 0 Å². The first-order valence-electron chi connectivity index (χ1n) is 5.60. The molecule has 0 fully saturated rings. The van der Waals surface area contributed by atoms with Crippen molar-refractivity contribution in [3.63, 3.8) is 0 Å². The van der Waals surface area contributed by atoms with Crippen molar-refractivity contribution in [2.24, 2.45) is 7.05 Å². The molecule has 4 nitrogen and oxygen atoms in total. The van der Waals surface area contributed by atoms with Crippen LogP contribution in [0.3, 0.4) is 0 Å². The van der Waals surface area contributed by atoms with Crippen LogP contribution in [0.4, 0.5) is 0 Å². The van der Waals surface area contributed by atoms with Gasteiger partial charge in [-0.2, -0.15) is 10.4 Å². The van der Waals surface area contributed by atoms with Crippen molar-refractivity contribution in [3.05, 3.63) is 46.2 Å². The van der Waals surface area contributed by atoms with E-state index < -0.39 is 0 Å². The molecule has 0 radical (unpaired) electrons. The predicted molar refractivity (Wildman–Crippen MR) is 77.4 cm³/mol. The van der Waals surface area contributed by atoms with E-state index in [1.54, 1.807) is 24.1 Å². The summed E-state index contributed by atoms with van der Waals surface area (Å²) in [5.74, 6) is 0.675. The Balaban J connectivity index is 2.55. The van der Waals surface area contributed by atoms with E-state index in [4.69, 9.17) is 4.74 Å². The average molecular weight is 318 g/mol. The highest BCUT2D eigenvalue weighted by Gasteiger charge is 2.10. The summed E-state index contributed by atoms with van der Waals surface area (Å²) in [5.41, 5.74) is 2.13. The van der Waals surface area contributed by atoms with E-state index in [0.29, 0.717) is 11.3 Å². The van der Waals surface area contributed by atoms with Gasteiger partial charge in [-0.05, 0) is 34.1 Å². The third-order valence-corrected chi connectivity index (χ3v) is 3.35. The summed E-state index contributed by atoms with van der Waals surface area (Å²) in [6, 6.07) is 9.65. The summed E-state index contributed by atoms with van der Waals surface area (Å²) in [4.78, 5) is 0. The minimum absolute atomic E-state index is 0.529. The number of nitriles is 1. The van der Waals surface area contributed by atoms with Gasteiger partial charge in [-0.3, -0.25) is 4.68 Å². The molecule has 19 heavy (non-hydrogen) atoms. The first kappa shape index (κ1) is 13.4. The molecular weight excluding hydrogens is 306 g/mol. The van der Waals surface area contributed by atoms with Crippen molar-refractivity contribution >= 4 is 27.6 Å². The average Bonchev–Trinajstić information content (AvgIpc) is 2.76. The molecule has 0 aliphatic rings. The monoisotopic (exact) mass is 317 g/mol. The first-order valence-corrected chi connectivity index (χ1v) is 6.39. The van der Waals surface area contributed by atoms with Crippen LogP contribution >= 0.6 is 15.9 Å². The van der Waals surface area contributed by atoms with Crippen LogP contribution in [0.5, 0.6) is 5.75 Å². The Bertz CT molecular complexity index is 648. The number of allylic oxidation sites excluding steroid dienone is 1. The molecule has 1 aromatic carbocycles. The molecule has 0 amide bonds. The fourth-order valence-electron chi connectivity index (χ4n) is 1.76. The van der Waals surface area contributed by atoms with E-state index in [9.17, 15) is 5.26 Å². The topological polar surface area (TPSA) is 50.8 Å². The van der Waals surface area contributed by atoms with E-state index in [0.717, 1.165) is 15.7 Å². The smallest absolute Gasteiger partial charge is 0.127 e. The molecule has 0 saturated heterocycles. The quantitative estimate of drug-likeness (QED) is 0.816. The van der Waals surface area contributed by atoms with Crippen molar-refractivity contribution < 1.29 is 4.74 Å². The van der Waals surface area contributed by atoms with Gasteiger partial charge in [0.2, 0.25) is 0 Å². The van der Waals surface area contributed by atoms with Gasteiger partial charge in [0, 0.05) is 12.6 Å². The molecule has 0 saturated carbocycles. The minimum atomic E-state index is 0.529. The number of benzene rings is 1. The fourth-order valence-corrected chi connectivity index (χ4v) is 2.22. The Morgan fingerprint density at radius 2 is 2.21 bits per heavy atom. The van der Waals surface area contributed by atoms with Gasteiger partial charge >= 0.3 is 0 Å². The molecule has 1 aromatic heterocycles. The second kappa shape index (κ2) is 5.72. The molecule has 0 atom stereocenters. The molecule has 0 spiro atoms. The molecule has 0 unspecified atom stereocenters. The number of hydrogen-bond acceptors (Lipinski definition) is 3. The number of ether oxygens (including phenoxy) is 1. The number of nitrogens with zero attached hydrogens (tertiary/aromatic N) is 3. The van der Waals surface area contributed by atoms with Gasteiger partial charge in [-0.1, -0.05) is 12.1 Å². The predicted octanol–water partition coefficient (Wildman–Crippen LogP) is 3.26. The number of aromatic nitrogens is 2. The molecule has 1 heterocycles. The summed E-state index contributed by atoms with van der Waals surface area (Å²) in [5, 5.41) is 13.5. The second-order valence-electron chi connectivity index (χ2n) is 3.87. The molecular formula is C14H12BrN3O. The van der Waals surface area contributed by atoms with Crippen LogP contribution in [0.15, 0.2) is 34.9 Å². The van der Waals surface area contributed by atoms with Crippen LogP contribution in [0, 0.1) is 11.3 Å². The second-order valence-corrected chi connectivity index (χ2v) is 4.73. The minimum Gasteiger partial charge on any atom is -0.496 e. The van der Waals surface area contributed by atoms with Crippen LogP contribution in [0.25, 0.3) is 11.6 Å². The number of hydrogen-bond donors (Lipinski definition) is 0. The van der Waals surface area contributed by atoms with Gasteiger partial charge in [0.1, 0.15) is 5.75 Å². The van der Waals surface area contributed by atoms with Gasteiger partial charge in [0.25, 0.3) is 0 Å². The number of aryl methyl sites for hydroxylation is 1. The lowest BCUT2D eigenvalue weighted by atomic mass is 10.0. The van der Waals surface area contributed by atoms with Crippen molar-refractivity contribution in [1.82, 2.24) is 9.78 Å². The van der Waals surface area contributed by atoms with Crippen molar-refractivity contribution in [2.45, 2.75) is 0 Å². The molecule has 0 aliphatic heterocycles. The highest BCUT2D eigenvalue weighted by molar-refractivity contribution is 9.10. The Hall–Kier alpha value is -2.06. The van der Waals surface area contributed by atoms with E-state index in [2.05, 4.69) is 27.1 Å². The zero-order valence-corrected chi connectivity index (χ0v) is 12.2. The van der Waals surface area contributed by atoms with Crippen LogP contribution in [-0.4, -0.2) is 16.9 Å². The Morgan fingerprint density at radius 3 is 2.79 bits per heavy atom. The van der Waals surface area contributed by atoms with Gasteiger partial charge in [0.15, 0.2) is 0 Å². The van der Waals surface area contributed by atoms with Gasteiger partial charge < -0.3 is 4.74 Å². The van der Waals surface area contributed by atoms with Crippen LogP contribution in [-0.2, 0) is 7.05 Å². The van der Waals surface area contributed by atoms with Gasteiger partial charge in [0.05, 0.1) is 35.1 Å². The maximum Gasteiger partial charge on any atom is 0.127 e. The highest BCUT2D eigenvalue weighted by Crippen LogP contribution is 2.28. The summed E-state index contributed by atoms with van der Waals surface area (Å²) >= 11 is 3.41. The van der Waals surface area contributed by atoms with Gasteiger partial charge in [-0.15, -0.1) is 0 Å². The highest BCUT2D eigenvalue weighted by atomic mass is 79.9. The number of halogens is 1. The van der Waals surface area contributed by atoms with Crippen molar-refractivity contribution in [2.75, 3.05) is 7.11 Å². The lowest BCUT2D eigenvalue weighted by Crippen LogP contribution is -1.95. The lowest BCUT2D eigenvalue weighted by Gasteiger charge is -2.07. The normalized spacial score (nSPS) is 11.2. The van der Waals surface area contributed by atoms with Crippen LogP contribution in [0.2, 0.25) is 0 Å². The van der Waals surface area contributed by atoms with Crippen LogP contribution in [0.1, 0.15) is 11.3 Å². The Labute approximate surface area is 120 Å². The molecule has 0 N–H and O–H groups in total. The van der Waals surface area contributed by atoms with E-state index in [1.165, 1.54) is 0 Å². The standard InChI is InChI=1S/C14H12BrN3O/c1-18-13(12(15)9-17-18)7-10(8-16)11-5-3-4-6-14(11)19-2/h3-7,9H,1-2H3/b10-7+. The molecule has 96 valence electrons. The van der Waals surface area contributed by atoms with E-state index in [1.807, 2.05) is 31.3 Å². The SMILES string of the molecule is COc1ccccc1/C(C#N)=C/c1c(Br)cnn1C. The molecule has 0 aliphatic carbocycles. The third-order valence-electron chi connectivity index (χ3n) is 2.74. The third kappa shape index (κ3) is 2.69. The maximum absolute atomic E-state index is 9.36. The molecule has 2 aromatic rings. The number of methoxy groups -OCH3 is 1. The van der Waals surface area contributed by atoms with Gasteiger partial charge in [-0.25, -0.2) is 0 Å². The molecule has 0 bridgehead atoms. The summed E-state index contributed by atoms with van der Waals surface area (Å²) in [6.07, 6.45) is 3.48. The summed E-state index contributed by atoms with van der Waals surface area (Å²) in [7, 11) is 3.42. The number of para-hydroxylation sites is 1. The first-order chi connectivity index (χ1) is 9.17. The lowest BCUT2D eigenvalue weighted by molar-refractivity contribution is 0.413. The molecule has 2 rings (SSSR count). The van der Waals surface area contributed by atoms with E-state index >= 15 is 0 Å². The largest absolute Gasteiger partial charge is 0.496 e. The zero-order chi connectivity index (χ0) is 13.8. The zero-order valence-electron chi connectivity index (χ0n) is 10.6. The van der Waals surface area contributed by atoms with Crippen molar-refractivity contribution in [1.29, 1.82) is 5.26 Å². The Kier molecular flexibility index (Phi) is 4.03. The van der Waals surface area contributed by atoms with Crippen LogP contribution < -0.4 is 4.74 Å². The maximum atomic E-state index is 9.36. The summed E-state index contributed by atoms with van der Waals surface area (Å²) < 4.78 is 7.83. The fraction of sp³-hybridized carbons (Fsp3) is 0.143. The molecule has 5 heteroatoms. The summed E-state index contributed by atoms with van der Waals surface area (Å²) in [6.45, 7) is 0. The number of rotatable bonds is 3. The van der Waals surface area contributed by atoms with Crippen molar-refractivity contribution in [3.8, 4) is 11.8 Å².